The van der Waals surface area contributed by atoms with E-state index in [1.807, 2.05) is 0 Å². The van der Waals surface area contributed by atoms with E-state index < -0.39 is 0 Å². The summed E-state index contributed by atoms with van der Waals surface area (Å²) in [5.74, 6) is 2.16. The molecule has 1 aromatic heterocycles. The molecule has 1 atom stereocenters. The van der Waals surface area contributed by atoms with Gasteiger partial charge in [0.2, 0.25) is 0 Å². The second-order valence-corrected chi connectivity index (χ2v) is 6.86. The van der Waals surface area contributed by atoms with Crippen molar-refractivity contribution in [3.63, 3.8) is 0 Å². The Morgan fingerprint density at radius 1 is 1.42 bits per heavy atom. The zero-order chi connectivity index (χ0) is 14.0. The fourth-order valence-corrected chi connectivity index (χ4v) is 2.63. The Hall–Kier alpha value is -0.800. The lowest BCUT2D eigenvalue weighted by Crippen LogP contribution is -2.35. The minimum absolute atomic E-state index is 0.146. The zero-order valence-corrected chi connectivity index (χ0v) is 13.0. The fourth-order valence-electron chi connectivity index (χ4n) is 2.63. The summed E-state index contributed by atoms with van der Waals surface area (Å²) in [6, 6.07) is 2.92. The molecule has 3 heteroatoms. The maximum absolute atomic E-state index is 5.91. The van der Waals surface area contributed by atoms with Gasteiger partial charge in [-0.2, -0.15) is 0 Å². The molecule has 0 spiro atoms. The maximum Gasteiger partial charge on any atom is 0.118 e. The first-order valence-electron chi connectivity index (χ1n) is 7.42. The van der Waals surface area contributed by atoms with Crippen molar-refractivity contribution in [2.75, 3.05) is 6.54 Å². The summed E-state index contributed by atoms with van der Waals surface area (Å²) in [4.78, 5) is 2.51. The molecule has 1 saturated heterocycles. The summed E-state index contributed by atoms with van der Waals surface area (Å²) in [7, 11) is 0. The topological polar surface area (TPSA) is 28.4 Å². The van der Waals surface area contributed by atoms with E-state index in [4.69, 9.17) is 4.42 Å². The minimum Gasteiger partial charge on any atom is -0.465 e. The minimum atomic E-state index is 0.146. The number of aryl methyl sites for hydroxylation is 1. The number of rotatable bonds is 4. The van der Waals surface area contributed by atoms with Crippen molar-refractivity contribution in [2.24, 2.45) is 0 Å². The second kappa shape index (κ2) is 5.68. The Kier molecular flexibility index (Phi) is 4.36. The van der Waals surface area contributed by atoms with Crippen LogP contribution in [0.15, 0.2) is 10.5 Å². The molecule has 1 unspecified atom stereocenters. The van der Waals surface area contributed by atoms with E-state index in [0.717, 1.165) is 24.6 Å². The third-order valence-electron chi connectivity index (χ3n) is 3.93. The van der Waals surface area contributed by atoms with Gasteiger partial charge in [0.1, 0.15) is 11.5 Å². The molecule has 1 aromatic rings. The quantitative estimate of drug-likeness (QED) is 0.902. The van der Waals surface area contributed by atoms with E-state index in [1.54, 1.807) is 0 Å². The van der Waals surface area contributed by atoms with Crippen LogP contribution in [0.1, 0.15) is 57.6 Å². The molecule has 0 amide bonds. The van der Waals surface area contributed by atoms with Crippen LogP contribution in [0.4, 0.5) is 0 Å². The Morgan fingerprint density at radius 3 is 2.74 bits per heavy atom. The van der Waals surface area contributed by atoms with E-state index in [0.29, 0.717) is 6.04 Å². The Labute approximate surface area is 117 Å². The van der Waals surface area contributed by atoms with Crippen LogP contribution in [-0.2, 0) is 13.1 Å². The van der Waals surface area contributed by atoms with Crippen molar-refractivity contribution >= 4 is 0 Å². The SMILES string of the molecule is Cc1oc(CN2CCCC2C)cc1CNC(C)(C)C. The molecule has 108 valence electrons. The number of nitrogens with one attached hydrogen (secondary N) is 1. The Bertz CT molecular complexity index is 417. The summed E-state index contributed by atoms with van der Waals surface area (Å²) in [6.07, 6.45) is 2.64. The van der Waals surface area contributed by atoms with Crippen molar-refractivity contribution in [1.82, 2.24) is 10.2 Å². The van der Waals surface area contributed by atoms with Crippen molar-refractivity contribution in [3.05, 3.63) is 23.2 Å². The lowest BCUT2D eigenvalue weighted by atomic mass is 10.1. The molecular weight excluding hydrogens is 236 g/mol. The average molecular weight is 264 g/mol. The van der Waals surface area contributed by atoms with Gasteiger partial charge in [0, 0.05) is 23.7 Å². The van der Waals surface area contributed by atoms with Gasteiger partial charge in [-0.25, -0.2) is 0 Å². The van der Waals surface area contributed by atoms with E-state index in [9.17, 15) is 0 Å². The number of nitrogens with zero attached hydrogens (tertiary/aromatic N) is 1. The summed E-state index contributed by atoms with van der Waals surface area (Å²) in [6.45, 7) is 14.0. The monoisotopic (exact) mass is 264 g/mol. The Balaban J connectivity index is 1.96. The maximum atomic E-state index is 5.91. The Morgan fingerprint density at radius 2 is 2.16 bits per heavy atom. The molecule has 19 heavy (non-hydrogen) atoms. The summed E-state index contributed by atoms with van der Waals surface area (Å²) < 4.78 is 5.91. The molecule has 3 nitrogen and oxygen atoms in total. The van der Waals surface area contributed by atoms with E-state index in [-0.39, 0.29) is 5.54 Å². The number of hydrogen-bond donors (Lipinski definition) is 1. The second-order valence-electron chi connectivity index (χ2n) is 6.86. The van der Waals surface area contributed by atoms with Crippen molar-refractivity contribution < 1.29 is 4.42 Å². The standard InChI is InChI=1S/C16H28N2O/c1-12-7-6-8-18(12)11-15-9-14(13(2)19-15)10-17-16(3,4)5/h9,12,17H,6-8,10-11H2,1-5H3. The van der Waals surface area contributed by atoms with Gasteiger partial charge in [-0.3, -0.25) is 4.90 Å². The van der Waals surface area contributed by atoms with Crippen LogP contribution in [0, 0.1) is 6.92 Å². The fraction of sp³-hybridized carbons (Fsp3) is 0.750. The first-order valence-corrected chi connectivity index (χ1v) is 7.42. The lowest BCUT2D eigenvalue weighted by Gasteiger charge is -2.20. The van der Waals surface area contributed by atoms with Crippen LogP contribution < -0.4 is 5.32 Å². The van der Waals surface area contributed by atoms with Gasteiger partial charge < -0.3 is 9.73 Å². The molecule has 1 aliphatic heterocycles. The van der Waals surface area contributed by atoms with E-state index in [1.165, 1.54) is 24.9 Å². The molecule has 1 fully saturated rings. The van der Waals surface area contributed by atoms with E-state index in [2.05, 4.69) is 50.9 Å². The highest BCUT2D eigenvalue weighted by Crippen LogP contribution is 2.22. The van der Waals surface area contributed by atoms with Crippen molar-refractivity contribution in [2.45, 2.75) is 72.1 Å². The number of hydrogen-bond acceptors (Lipinski definition) is 3. The molecule has 0 bridgehead atoms. The van der Waals surface area contributed by atoms with Crippen molar-refractivity contribution in [3.8, 4) is 0 Å². The van der Waals surface area contributed by atoms with Gasteiger partial charge in [-0.15, -0.1) is 0 Å². The molecule has 1 aliphatic rings. The third-order valence-corrected chi connectivity index (χ3v) is 3.93. The van der Waals surface area contributed by atoms with Gasteiger partial charge in [0.15, 0.2) is 0 Å². The van der Waals surface area contributed by atoms with Gasteiger partial charge in [0.25, 0.3) is 0 Å². The molecule has 2 rings (SSSR count). The van der Waals surface area contributed by atoms with E-state index >= 15 is 0 Å². The molecule has 0 aliphatic carbocycles. The molecule has 0 aromatic carbocycles. The molecule has 0 radical (unpaired) electrons. The van der Waals surface area contributed by atoms with Gasteiger partial charge in [-0.1, -0.05) is 0 Å². The molecule has 2 heterocycles. The lowest BCUT2D eigenvalue weighted by molar-refractivity contribution is 0.237. The van der Waals surface area contributed by atoms with Crippen LogP contribution in [0.2, 0.25) is 0 Å². The van der Waals surface area contributed by atoms with Gasteiger partial charge in [-0.05, 0) is 60.1 Å². The van der Waals surface area contributed by atoms with Crippen LogP contribution in [0.5, 0.6) is 0 Å². The first-order chi connectivity index (χ1) is 8.85. The van der Waals surface area contributed by atoms with Crippen LogP contribution in [0.25, 0.3) is 0 Å². The van der Waals surface area contributed by atoms with Gasteiger partial charge >= 0.3 is 0 Å². The predicted molar refractivity (Wildman–Crippen MR) is 79.1 cm³/mol. The average Bonchev–Trinajstić information content (AvgIpc) is 2.83. The highest BCUT2D eigenvalue weighted by atomic mass is 16.3. The summed E-state index contributed by atoms with van der Waals surface area (Å²) >= 11 is 0. The van der Waals surface area contributed by atoms with Crippen LogP contribution in [-0.4, -0.2) is 23.0 Å². The molecule has 0 saturated carbocycles. The number of likely N-dealkylation sites (tertiary alicyclic amines) is 1. The number of furan rings is 1. The summed E-state index contributed by atoms with van der Waals surface area (Å²) in [5, 5.41) is 3.52. The van der Waals surface area contributed by atoms with Crippen LogP contribution >= 0.6 is 0 Å². The normalized spacial score (nSPS) is 21.2. The molecular formula is C16H28N2O. The van der Waals surface area contributed by atoms with Crippen molar-refractivity contribution in [1.29, 1.82) is 0 Å². The summed E-state index contributed by atoms with van der Waals surface area (Å²) in [5.41, 5.74) is 1.43. The highest BCUT2D eigenvalue weighted by Gasteiger charge is 2.22. The largest absolute Gasteiger partial charge is 0.465 e. The third kappa shape index (κ3) is 4.08. The zero-order valence-electron chi connectivity index (χ0n) is 13.0. The smallest absolute Gasteiger partial charge is 0.118 e. The highest BCUT2D eigenvalue weighted by molar-refractivity contribution is 5.21. The van der Waals surface area contributed by atoms with Gasteiger partial charge in [0.05, 0.1) is 6.54 Å². The first kappa shape index (κ1) is 14.6. The predicted octanol–water partition coefficient (Wildman–Crippen LogP) is 3.46. The molecule has 1 N–H and O–H groups in total. The van der Waals surface area contributed by atoms with Crippen LogP contribution in [0.3, 0.4) is 0 Å².